The predicted octanol–water partition coefficient (Wildman–Crippen LogP) is 2.81. The third-order valence-electron chi connectivity index (χ3n) is 2.07. The lowest BCUT2D eigenvalue weighted by atomic mass is 10.2. The molecular weight excluding hydrogens is 288 g/mol. The Labute approximate surface area is 106 Å². The SMILES string of the molecule is Cc1cc(Br)ccc1Nc1nnc(CN)s1. The Morgan fingerprint density at radius 1 is 1.44 bits per heavy atom. The van der Waals surface area contributed by atoms with E-state index in [4.69, 9.17) is 5.73 Å². The molecule has 2 aromatic rings. The van der Waals surface area contributed by atoms with E-state index in [1.807, 2.05) is 25.1 Å². The van der Waals surface area contributed by atoms with Crippen molar-refractivity contribution in [2.45, 2.75) is 13.5 Å². The molecule has 0 amide bonds. The molecule has 0 saturated heterocycles. The lowest BCUT2D eigenvalue weighted by Crippen LogP contribution is -1.94. The fraction of sp³-hybridized carbons (Fsp3) is 0.200. The van der Waals surface area contributed by atoms with Crippen molar-refractivity contribution in [2.75, 3.05) is 5.32 Å². The first kappa shape index (κ1) is 11.5. The molecule has 0 unspecified atom stereocenters. The quantitative estimate of drug-likeness (QED) is 0.914. The number of aryl methyl sites for hydroxylation is 1. The Morgan fingerprint density at radius 3 is 2.88 bits per heavy atom. The number of hydrogen-bond donors (Lipinski definition) is 2. The van der Waals surface area contributed by atoms with Crippen LogP contribution < -0.4 is 11.1 Å². The van der Waals surface area contributed by atoms with Gasteiger partial charge in [0.15, 0.2) is 0 Å². The van der Waals surface area contributed by atoms with Crippen LogP contribution in [0.5, 0.6) is 0 Å². The van der Waals surface area contributed by atoms with Crippen molar-refractivity contribution in [3.05, 3.63) is 33.2 Å². The van der Waals surface area contributed by atoms with Crippen LogP contribution in [-0.4, -0.2) is 10.2 Å². The highest BCUT2D eigenvalue weighted by atomic mass is 79.9. The molecule has 0 aliphatic rings. The van der Waals surface area contributed by atoms with Gasteiger partial charge in [-0.25, -0.2) is 0 Å². The zero-order valence-corrected chi connectivity index (χ0v) is 11.1. The number of aromatic nitrogens is 2. The molecule has 4 nitrogen and oxygen atoms in total. The molecule has 0 aliphatic carbocycles. The number of halogens is 1. The van der Waals surface area contributed by atoms with Crippen LogP contribution in [0.4, 0.5) is 10.8 Å². The zero-order chi connectivity index (χ0) is 11.5. The van der Waals surface area contributed by atoms with Gasteiger partial charge >= 0.3 is 0 Å². The number of nitrogens with zero attached hydrogens (tertiary/aromatic N) is 2. The summed E-state index contributed by atoms with van der Waals surface area (Å²) in [6.45, 7) is 2.47. The lowest BCUT2D eigenvalue weighted by Gasteiger charge is -2.05. The summed E-state index contributed by atoms with van der Waals surface area (Å²) in [6.07, 6.45) is 0. The maximum absolute atomic E-state index is 5.48. The Bertz CT molecular complexity index is 497. The van der Waals surface area contributed by atoms with Crippen LogP contribution >= 0.6 is 27.3 Å². The van der Waals surface area contributed by atoms with Gasteiger partial charge in [-0.05, 0) is 30.7 Å². The number of benzene rings is 1. The molecule has 16 heavy (non-hydrogen) atoms. The monoisotopic (exact) mass is 298 g/mol. The van der Waals surface area contributed by atoms with E-state index in [0.29, 0.717) is 6.54 Å². The Hall–Kier alpha value is -0.980. The minimum absolute atomic E-state index is 0.429. The molecule has 3 N–H and O–H groups in total. The average Bonchev–Trinajstić information content (AvgIpc) is 2.70. The summed E-state index contributed by atoms with van der Waals surface area (Å²) in [7, 11) is 0. The van der Waals surface area contributed by atoms with Gasteiger partial charge in [-0.1, -0.05) is 27.3 Å². The number of hydrogen-bond acceptors (Lipinski definition) is 5. The molecule has 1 aromatic heterocycles. The Morgan fingerprint density at radius 2 is 2.25 bits per heavy atom. The molecule has 0 spiro atoms. The van der Waals surface area contributed by atoms with E-state index in [9.17, 15) is 0 Å². The zero-order valence-electron chi connectivity index (χ0n) is 8.70. The standard InChI is InChI=1S/C10H11BrN4S/c1-6-4-7(11)2-3-8(6)13-10-15-14-9(5-12)16-10/h2-4H,5,12H2,1H3,(H,13,15). The van der Waals surface area contributed by atoms with Crippen molar-refractivity contribution < 1.29 is 0 Å². The second-order valence-electron chi connectivity index (χ2n) is 3.29. The molecule has 1 aromatic carbocycles. The van der Waals surface area contributed by atoms with Gasteiger partial charge in [0.1, 0.15) is 5.01 Å². The average molecular weight is 299 g/mol. The summed E-state index contributed by atoms with van der Waals surface area (Å²) < 4.78 is 1.07. The van der Waals surface area contributed by atoms with Gasteiger partial charge in [-0.2, -0.15) is 0 Å². The molecule has 0 aliphatic heterocycles. The first-order valence-corrected chi connectivity index (χ1v) is 6.35. The smallest absolute Gasteiger partial charge is 0.210 e. The fourth-order valence-corrected chi connectivity index (χ4v) is 2.38. The summed E-state index contributed by atoms with van der Waals surface area (Å²) in [6, 6.07) is 6.04. The Balaban J connectivity index is 2.20. The van der Waals surface area contributed by atoms with Crippen molar-refractivity contribution in [1.82, 2.24) is 10.2 Å². The van der Waals surface area contributed by atoms with Gasteiger partial charge in [-0.3, -0.25) is 0 Å². The molecule has 84 valence electrons. The van der Waals surface area contributed by atoms with Gasteiger partial charge in [0.05, 0.1) is 0 Å². The molecule has 0 bridgehead atoms. The van der Waals surface area contributed by atoms with Gasteiger partial charge in [0.25, 0.3) is 0 Å². The summed E-state index contributed by atoms with van der Waals surface area (Å²) >= 11 is 4.90. The van der Waals surface area contributed by atoms with Crippen molar-refractivity contribution in [2.24, 2.45) is 5.73 Å². The minimum Gasteiger partial charge on any atom is -0.330 e. The van der Waals surface area contributed by atoms with Crippen LogP contribution in [0, 0.1) is 6.92 Å². The van der Waals surface area contributed by atoms with E-state index in [-0.39, 0.29) is 0 Å². The van der Waals surface area contributed by atoms with E-state index in [0.717, 1.165) is 25.9 Å². The normalized spacial score (nSPS) is 10.4. The van der Waals surface area contributed by atoms with Crippen LogP contribution in [0.1, 0.15) is 10.6 Å². The topological polar surface area (TPSA) is 63.8 Å². The highest BCUT2D eigenvalue weighted by molar-refractivity contribution is 9.10. The van der Waals surface area contributed by atoms with Crippen molar-refractivity contribution in [3.8, 4) is 0 Å². The summed E-state index contributed by atoms with van der Waals surface area (Å²) in [5.74, 6) is 0. The van der Waals surface area contributed by atoms with E-state index in [2.05, 4.69) is 31.4 Å². The van der Waals surface area contributed by atoms with Gasteiger partial charge in [0, 0.05) is 16.7 Å². The van der Waals surface area contributed by atoms with Gasteiger partial charge in [-0.15, -0.1) is 10.2 Å². The van der Waals surface area contributed by atoms with Crippen LogP contribution in [0.2, 0.25) is 0 Å². The molecule has 0 radical (unpaired) electrons. The summed E-state index contributed by atoms with van der Waals surface area (Å²) in [5.41, 5.74) is 7.66. The highest BCUT2D eigenvalue weighted by Gasteiger charge is 2.04. The second-order valence-corrected chi connectivity index (χ2v) is 5.27. The minimum atomic E-state index is 0.429. The molecule has 0 saturated carbocycles. The maximum atomic E-state index is 5.48. The molecule has 0 atom stereocenters. The van der Waals surface area contributed by atoms with Crippen LogP contribution in [0.15, 0.2) is 22.7 Å². The third kappa shape index (κ3) is 2.58. The Kier molecular flexibility index (Phi) is 3.52. The summed E-state index contributed by atoms with van der Waals surface area (Å²) in [5, 5.41) is 12.8. The summed E-state index contributed by atoms with van der Waals surface area (Å²) in [4.78, 5) is 0. The van der Waals surface area contributed by atoms with E-state index < -0.39 is 0 Å². The predicted molar refractivity (Wildman–Crippen MR) is 70.0 cm³/mol. The largest absolute Gasteiger partial charge is 0.330 e. The first-order valence-electron chi connectivity index (χ1n) is 4.74. The molecule has 6 heteroatoms. The number of rotatable bonds is 3. The molecular formula is C10H11BrN4S. The first-order chi connectivity index (χ1) is 7.69. The van der Waals surface area contributed by atoms with Gasteiger partial charge < -0.3 is 11.1 Å². The number of anilines is 2. The van der Waals surface area contributed by atoms with E-state index in [1.165, 1.54) is 11.3 Å². The van der Waals surface area contributed by atoms with Crippen LogP contribution in [-0.2, 0) is 6.54 Å². The number of nitrogens with two attached hydrogens (primary N) is 1. The molecule has 0 fully saturated rings. The second kappa shape index (κ2) is 4.90. The lowest BCUT2D eigenvalue weighted by molar-refractivity contribution is 0.960. The van der Waals surface area contributed by atoms with E-state index in [1.54, 1.807) is 0 Å². The maximum Gasteiger partial charge on any atom is 0.210 e. The van der Waals surface area contributed by atoms with Crippen LogP contribution in [0.3, 0.4) is 0 Å². The van der Waals surface area contributed by atoms with Crippen molar-refractivity contribution in [3.63, 3.8) is 0 Å². The molecule has 1 heterocycles. The third-order valence-corrected chi connectivity index (χ3v) is 3.43. The fourth-order valence-electron chi connectivity index (χ4n) is 1.27. The van der Waals surface area contributed by atoms with Crippen molar-refractivity contribution >= 4 is 38.1 Å². The van der Waals surface area contributed by atoms with Crippen LogP contribution in [0.25, 0.3) is 0 Å². The van der Waals surface area contributed by atoms with Crippen molar-refractivity contribution in [1.29, 1.82) is 0 Å². The van der Waals surface area contributed by atoms with Gasteiger partial charge in [0.2, 0.25) is 5.13 Å². The van der Waals surface area contributed by atoms with E-state index >= 15 is 0 Å². The highest BCUT2D eigenvalue weighted by Crippen LogP contribution is 2.25. The number of nitrogens with one attached hydrogen (secondary N) is 1. The molecule has 2 rings (SSSR count).